The SMILES string of the molecule is Cc1ccc(C#CCNC(=O)OCC2c3ccccc3-c3ccccc32)cc1. The van der Waals surface area contributed by atoms with E-state index in [1.165, 1.54) is 27.8 Å². The molecule has 1 N–H and O–H groups in total. The number of rotatable bonds is 3. The van der Waals surface area contributed by atoms with E-state index < -0.39 is 6.09 Å². The van der Waals surface area contributed by atoms with Crippen molar-refractivity contribution in [3.05, 3.63) is 95.1 Å². The molecule has 0 radical (unpaired) electrons. The standard InChI is InChI=1S/C25H21NO2/c1-18-12-14-19(15-13-18)7-6-16-26-25(27)28-17-24-22-10-4-2-8-20(22)21-9-3-5-11-23(21)24/h2-5,8-15,24H,16-17H2,1H3,(H,26,27). The lowest BCUT2D eigenvalue weighted by molar-refractivity contribution is 0.144. The zero-order valence-corrected chi connectivity index (χ0v) is 15.7. The number of amides is 1. The molecule has 3 heteroatoms. The summed E-state index contributed by atoms with van der Waals surface area (Å²) in [6.07, 6.45) is -0.444. The van der Waals surface area contributed by atoms with Gasteiger partial charge in [-0.25, -0.2) is 4.79 Å². The van der Waals surface area contributed by atoms with Gasteiger partial charge in [-0.05, 0) is 41.3 Å². The quantitative estimate of drug-likeness (QED) is 0.670. The average Bonchev–Trinajstić information content (AvgIpc) is 3.05. The molecule has 0 bridgehead atoms. The normalized spacial score (nSPS) is 11.8. The molecule has 1 aliphatic rings. The van der Waals surface area contributed by atoms with Gasteiger partial charge in [0.25, 0.3) is 0 Å². The predicted octanol–water partition coefficient (Wildman–Crippen LogP) is 4.89. The Balaban J connectivity index is 1.35. The highest BCUT2D eigenvalue weighted by Crippen LogP contribution is 2.44. The fourth-order valence-electron chi connectivity index (χ4n) is 3.55. The largest absolute Gasteiger partial charge is 0.449 e. The van der Waals surface area contributed by atoms with Crippen LogP contribution in [0.2, 0.25) is 0 Å². The number of fused-ring (bicyclic) bond motifs is 3. The van der Waals surface area contributed by atoms with Gasteiger partial charge >= 0.3 is 6.09 Å². The summed E-state index contributed by atoms with van der Waals surface area (Å²) in [4.78, 5) is 12.1. The molecular formula is C25H21NO2. The first-order valence-electron chi connectivity index (χ1n) is 9.37. The summed E-state index contributed by atoms with van der Waals surface area (Å²) in [6, 6.07) is 24.6. The van der Waals surface area contributed by atoms with Crippen molar-refractivity contribution in [2.45, 2.75) is 12.8 Å². The third-order valence-electron chi connectivity index (χ3n) is 4.95. The number of alkyl carbamates (subject to hydrolysis) is 1. The highest BCUT2D eigenvalue weighted by Gasteiger charge is 2.28. The molecule has 0 heterocycles. The molecule has 3 aromatic rings. The topological polar surface area (TPSA) is 38.3 Å². The van der Waals surface area contributed by atoms with E-state index in [0.29, 0.717) is 6.61 Å². The van der Waals surface area contributed by atoms with Gasteiger partial charge in [-0.15, -0.1) is 0 Å². The second-order valence-electron chi connectivity index (χ2n) is 6.85. The van der Waals surface area contributed by atoms with Gasteiger partial charge in [0.2, 0.25) is 0 Å². The fraction of sp³-hybridized carbons (Fsp3) is 0.160. The van der Waals surface area contributed by atoms with Crippen LogP contribution in [0.15, 0.2) is 72.8 Å². The highest BCUT2D eigenvalue weighted by molar-refractivity contribution is 5.79. The van der Waals surface area contributed by atoms with Gasteiger partial charge in [-0.1, -0.05) is 78.1 Å². The molecule has 4 rings (SSSR count). The predicted molar refractivity (Wildman–Crippen MR) is 111 cm³/mol. The number of hydrogen-bond acceptors (Lipinski definition) is 2. The van der Waals surface area contributed by atoms with Crippen molar-refractivity contribution >= 4 is 6.09 Å². The molecule has 0 aromatic heterocycles. The molecule has 0 fully saturated rings. The van der Waals surface area contributed by atoms with Gasteiger partial charge in [-0.2, -0.15) is 0 Å². The molecule has 0 saturated carbocycles. The van der Waals surface area contributed by atoms with Crippen LogP contribution in [0.25, 0.3) is 11.1 Å². The van der Waals surface area contributed by atoms with Gasteiger partial charge in [0, 0.05) is 11.5 Å². The molecule has 0 aliphatic heterocycles. The van der Waals surface area contributed by atoms with Crippen molar-refractivity contribution in [1.82, 2.24) is 5.32 Å². The first-order valence-corrected chi connectivity index (χ1v) is 9.37. The molecule has 0 saturated heterocycles. The second-order valence-corrected chi connectivity index (χ2v) is 6.85. The van der Waals surface area contributed by atoms with E-state index in [0.717, 1.165) is 5.56 Å². The Bertz CT molecular complexity index is 1010. The van der Waals surface area contributed by atoms with E-state index in [2.05, 4.69) is 41.4 Å². The summed E-state index contributed by atoms with van der Waals surface area (Å²) >= 11 is 0. The Morgan fingerprint density at radius 2 is 1.54 bits per heavy atom. The first-order chi connectivity index (χ1) is 13.7. The number of carbonyl (C=O) groups excluding carboxylic acids is 1. The van der Waals surface area contributed by atoms with E-state index in [1.807, 2.05) is 55.5 Å². The van der Waals surface area contributed by atoms with Crippen molar-refractivity contribution in [2.24, 2.45) is 0 Å². The van der Waals surface area contributed by atoms with Crippen LogP contribution < -0.4 is 5.32 Å². The Morgan fingerprint density at radius 1 is 0.929 bits per heavy atom. The summed E-state index contributed by atoms with van der Waals surface area (Å²) < 4.78 is 5.49. The molecular weight excluding hydrogens is 346 g/mol. The summed E-state index contributed by atoms with van der Waals surface area (Å²) in [5.41, 5.74) is 6.97. The number of carbonyl (C=O) groups is 1. The van der Waals surface area contributed by atoms with Gasteiger partial charge in [0.15, 0.2) is 0 Å². The van der Waals surface area contributed by atoms with Crippen LogP contribution in [0.3, 0.4) is 0 Å². The monoisotopic (exact) mass is 367 g/mol. The fourth-order valence-corrected chi connectivity index (χ4v) is 3.55. The number of ether oxygens (including phenoxy) is 1. The average molecular weight is 367 g/mol. The maximum atomic E-state index is 12.1. The van der Waals surface area contributed by atoms with Gasteiger partial charge in [0.05, 0.1) is 6.54 Å². The van der Waals surface area contributed by atoms with Crippen LogP contribution >= 0.6 is 0 Å². The molecule has 3 nitrogen and oxygen atoms in total. The van der Waals surface area contributed by atoms with Crippen LogP contribution in [-0.4, -0.2) is 19.2 Å². The number of hydrogen-bond donors (Lipinski definition) is 1. The summed E-state index contributed by atoms with van der Waals surface area (Å²) in [5.74, 6) is 6.05. The third-order valence-corrected chi connectivity index (χ3v) is 4.95. The lowest BCUT2D eigenvalue weighted by Crippen LogP contribution is -2.26. The molecule has 0 atom stereocenters. The minimum atomic E-state index is -0.444. The minimum absolute atomic E-state index is 0.0665. The number of benzene rings is 3. The Labute approximate surface area is 165 Å². The van der Waals surface area contributed by atoms with E-state index in [9.17, 15) is 4.79 Å². The maximum Gasteiger partial charge on any atom is 0.407 e. The molecule has 1 aliphatic carbocycles. The highest BCUT2D eigenvalue weighted by atomic mass is 16.5. The lowest BCUT2D eigenvalue weighted by Gasteiger charge is -2.14. The number of nitrogens with one attached hydrogen (secondary N) is 1. The van der Waals surface area contributed by atoms with Crippen molar-refractivity contribution in [3.63, 3.8) is 0 Å². The van der Waals surface area contributed by atoms with Gasteiger partial charge in [-0.3, -0.25) is 0 Å². The van der Waals surface area contributed by atoms with E-state index in [-0.39, 0.29) is 12.5 Å². The van der Waals surface area contributed by atoms with Crippen molar-refractivity contribution in [1.29, 1.82) is 0 Å². The van der Waals surface area contributed by atoms with Crippen LogP contribution in [-0.2, 0) is 4.74 Å². The molecule has 0 spiro atoms. The zero-order valence-electron chi connectivity index (χ0n) is 15.7. The smallest absolute Gasteiger partial charge is 0.407 e. The summed E-state index contributed by atoms with van der Waals surface area (Å²) in [5, 5.41) is 2.70. The third kappa shape index (κ3) is 3.77. The Kier molecular flexibility index (Phi) is 5.12. The molecule has 0 unspecified atom stereocenters. The Morgan fingerprint density at radius 3 is 2.18 bits per heavy atom. The van der Waals surface area contributed by atoms with E-state index >= 15 is 0 Å². The van der Waals surface area contributed by atoms with Crippen LogP contribution in [0.4, 0.5) is 4.79 Å². The maximum absolute atomic E-state index is 12.1. The molecule has 3 aromatic carbocycles. The van der Waals surface area contributed by atoms with Crippen LogP contribution in [0.5, 0.6) is 0 Å². The Hall–Kier alpha value is -3.51. The first kappa shape index (κ1) is 17.9. The second kappa shape index (κ2) is 8.02. The van der Waals surface area contributed by atoms with Crippen molar-refractivity contribution < 1.29 is 9.53 Å². The lowest BCUT2D eigenvalue weighted by atomic mass is 9.98. The summed E-state index contributed by atoms with van der Waals surface area (Å²) in [6.45, 7) is 2.60. The molecule has 138 valence electrons. The van der Waals surface area contributed by atoms with Crippen molar-refractivity contribution in [2.75, 3.05) is 13.2 Å². The molecule has 1 amide bonds. The van der Waals surface area contributed by atoms with E-state index in [4.69, 9.17) is 4.74 Å². The minimum Gasteiger partial charge on any atom is -0.449 e. The van der Waals surface area contributed by atoms with E-state index in [1.54, 1.807) is 0 Å². The number of aryl methyl sites for hydroxylation is 1. The van der Waals surface area contributed by atoms with Gasteiger partial charge in [0.1, 0.15) is 6.61 Å². The van der Waals surface area contributed by atoms with Crippen LogP contribution in [0, 0.1) is 18.8 Å². The summed E-state index contributed by atoms with van der Waals surface area (Å²) in [7, 11) is 0. The van der Waals surface area contributed by atoms with Crippen LogP contribution in [0.1, 0.15) is 28.2 Å². The van der Waals surface area contributed by atoms with Crippen molar-refractivity contribution in [3.8, 4) is 23.0 Å². The zero-order chi connectivity index (χ0) is 19.3. The van der Waals surface area contributed by atoms with Gasteiger partial charge < -0.3 is 10.1 Å². The molecule has 28 heavy (non-hydrogen) atoms.